The van der Waals surface area contributed by atoms with Gasteiger partial charge >= 0.3 is 0 Å². The quantitative estimate of drug-likeness (QED) is 0.433. The molecule has 0 aromatic carbocycles. The minimum Gasteiger partial charge on any atom is -0.747 e. The van der Waals surface area contributed by atoms with Gasteiger partial charge < -0.3 is 9.11 Å². The van der Waals surface area contributed by atoms with Gasteiger partial charge in [-0.1, -0.05) is 0 Å². The Kier molecular flexibility index (Phi) is 5.60. The van der Waals surface area contributed by atoms with Crippen molar-refractivity contribution >= 4 is 26.0 Å². The summed E-state index contributed by atoms with van der Waals surface area (Å²) in [7, 11) is -10.8. The molecule has 0 fully saturated rings. The Hall–Kier alpha value is 0.230. The number of carbonyl (C=O) groups is 1. The average Bonchev–Trinajstić information content (AvgIpc) is 1.49. The fourth-order valence-electron chi connectivity index (χ4n) is 0.551. The zero-order valence-electron chi connectivity index (χ0n) is 6.05. The van der Waals surface area contributed by atoms with Gasteiger partial charge in [-0.25, -0.2) is 16.8 Å². The predicted molar refractivity (Wildman–Crippen MR) is 33.9 cm³/mol. The Balaban J connectivity index is 0. The standard InChI is InChI=1S/C3H6O7S2.Ag/c1-2(4)3(11(5,6)7)12(8,9)10;/h3H,1H3,(H,5,6,7)(H,8,9,10);/p-2. The second-order valence-corrected chi connectivity index (χ2v) is 5.14. The molecule has 0 spiro atoms. The maximum atomic E-state index is 10.3. The third-order valence-corrected chi connectivity index (χ3v) is 3.98. The molecule has 0 atom stereocenters. The smallest absolute Gasteiger partial charge is 0.196 e. The fourth-order valence-corrected chi connectivity index (χ4v) is 2.52. The summed E-state index contributed by atoms with van der Waals surface area (Å²) in [4.78, 5) is 10.3. The first-order valence-electron chi connectivity index (χ1n) is 2.46. The fraction of sp³-hybridized carbons (Fsp3) is 0.667. The topological polar surface area (TPSA) is 131 Å². The van der Waals surface area contributed by atoms with E-state index in [4.69, 9.17) is 0 Å². The molecular weight excluding hydrogens is 320 g/mol. The van der Waals surface area contributed by atoms with Crippen molar-refractivity contribution in [3.05, 3.63) is 0 Å². The predicted octanol–water partition coefficient (Wildman–Crippen LogP) is -2.01. The molecule has 1 radical (unpaired) electrons. The normalized spacial score (nSPS) is 12.3. The van der Waals surface area contributed by atoms with Crippen LogP contribution in [0.4, 0.5) is 0 Å². The van der Waals surface area contributed by atoms with Gasteiger partial charge in [0, 0.05) is 22.4 Å². The molecule has 0 aromatic rings. The van der Waals surface area contributed by atoms with Crippen LogP contribution in [0.5, 0.6) is 0 Å². The van der Waals surface area contributed by atoms with Crippen LogP contribution in [0.3, 0.4) is 0 Å². The van der Waals surface area contributed by atoms with Crippen molar-refractivity contribution in [1.29, 1.82) is 0 Å². The van der Waals surface area contributed by atoms with E-state index in [1.807, 2.05) is 0 Å². The van der Waals surface area contributed by atoms with Gasteiger partial charge in [-0.3, -0.25) is 4.79 Å². The first kappa shape index (κ1) is 15.7. The van der Waals surface area contributed by atoms with Crippen LogP contribution in [0.15, 0.2) is 0 Å². The summed E-state index contributed by atoms with van der Waals surface area (Å²) in [5, 5.41) is 0. The molecule has 0 aromatic heterocycles. The maximum absolute atomic E-state index is 10.3. The minimum absolute atomic E-state index is 0. The van der Waals surface area contributed by atoms with Crippen molar-refractivity contribution in [2.24, 2.45) is 0 Å². The largest absolute Gasteiger partial charge is 0.747 e. The van der Waals surface area contributed by atoms with Crippen molar-refractivity contribution in [1.82, 2.24) is 0 Å². The van der Waals surface area contributed by atoms with E-state index in [1.54, 1.807) is 0 Å². The molecule has 0 aliphatic rings. The second kappa shape index (κ2) is 4.64. The zero-order chi connectivity index (χ0) is 10.2. The summed E-state index contributed by atoms with van der Waals surface area (Å²) in [6, 6.07) is 0. The minimum atomic E-state index is -5.42. The van der Waals surface area contributed by atoms with Gasteiger partial charge in [0.05, 0.1) is 0 Å². The van der Waals surface area contributed by atoms with Gasteiger partial charge in [0.25, 0.3) is 0 Å². The Morgan fingerprint density at radius 1 is 1.08 bits per heavy atom. The van der Waals surface area contributed by atoms with Crippen molar-refractivity contribution in [2.75, 3.05) is 0 Å². The summed E-state index contributed by atoms with van der Waals surface area (Å²) in [6.07, 6.45) is 0. The third-order valence-electron chi connectivity index (χ3n) is 0.856. The third kappa shape index (κ3) is 4.86. The van der Waals surface area contributed by atoms with Crippen LogP contribution in [0, 0.1) is 0 Å². The molecule has 13 heavy (non-hydrogen) atoms. The molecule has 83 valence electrons. The first-order chi connectivity index (χ1) is 5.07. The summed E-state index contributed by atoms with van der Waals surface area (Å²) in [5.41, 5.74) is 0. The van der Waals surface area contributed by atoms with E-state index < -0.39 is 30.6 Å². The number of hydrogen-bond donors (Lipinski definition) is 0. The van der Waals surface area contributed by atoms with E-state index in [1.165, 1.54) is 0 Å². The van der Waals surface area contributed by atoms with Crippen LogP contribution in [0.25, 0.3) is 0 Å². The molecule has 0 N–H and O–H groups in total. The molecule has 0 bridgehead atoms. The molecule has 0 amide bonds. The maximum Gasteiger partial charge on any atom is 0.196 e. The molecular formula is C3H4AgO7S2-2. The molecule has 7 nitrogen and oxygen atoms in total. The van der Waals surface area contributed by atoms with E-state index in [9.17, 15) is 30.7 Å². The van der Waals surface area contributed by atoms with Gasteiger partial charge in [-0.2, -0.15) is 0 Å². The molecule has 0 heterocycles. The number of rotatable bonds is 3. The van der Waals surface area contributed by atoms with Gasteiger partial charge in [-0.15, -0.1) is 0 Å². The van der Waals surface area contributed by atoms with Crippen LogP contribution in [0.1, 0.15) is 6.92 Å². The van der Waals surface area contributed by atoms with E-state index in [2.05, 4.69) is 0 Å². The Morgan fingerprint density at radius 3 is 1.31 bits per heavy atom. The summed E-state index contributed by atoms with van der Waals surface area (Å²) in [5.74, 6) is -1.50. The number of hydrogen-bond acceptors (Lipinski definition) is 7. The van der Waals surface area contributed by atoms with Crippen LogP contribution >= 0.6 is 0 Å². The SMILES string of the molecule is CC(=O)C(S(=O)(=O)[O-])S(=O)(=O)[O-].[Ag]. The van der Waals surface area contributed by atoms with Crippen molar-refractivity contribution in [2.45, 2.75) is 11.5 Å². The van der Waals surface area contributed by atoms with Crippen LogP contribution in [-0.2, 0) is 47.4 Å². The summed E-state index contributed by atoms with van der Waals surface area (Å²) >= 11 is 0. The van der Waals surface area contributed by atoms with Gasteiger partial charge in [-0.05, 0) is 6.92 Å². The van der Waals surface area contributed by atoms with E-state index in [0.717, 1.165) is 0 Å². The summed E-state index contributed by atoms with van der Waals surface area (Å²) < 4.78 is 57.4. The van der Waals surface area contributed by atoms with Gasteiger partial charge in [0.2, 0.25) is 0 Å². The molecule has 10 heteroatoms. The molecule has 0 aliphatic heterocycles. The van der Waals surface area contributed by atoms with Crippen LogP contribution in [-0.4, -0.2) is 36.3 Å². The monoisotopic (exact) mass is 323 g/mol. The average molecular weight is 324 g/mol. The van der Waals surface area contributed by atoms with Crippen molar-refractivity contribution in [3.8, 4) is 0 Å². The first-order valence-corrected chi connectivity index (χ1v) is 5.41. The Morgan fingerprint density at radius 2 is 1.31 bits per heavy atom. The molecule has 0 rings (SSSR count). The van der Waals surface area contributed by atoms with Crippen LogP contribution < -0.4 is 0 Å². The molecule has 0 unspecified atom stereocenters. The number of carbonyl (C=O) groups excluding carboxylic acids is 1. The van der Waals surface area contributed by atoms with Crippen molar-refractivity contribution < 1.29 is 53.1 Å². The van der Waals surface area contributed by atoms with E-state index in [-0.39, 0.29) is 22.4 Å². The summed E-state index contributed by atoms with van der Waals surface area (Å²) in [6.45, 7) is 0.537. The number of Topliss-reactive ketones (excluding diaryl/α,β-unsaturated/α-hetero) is 1. The number of ketones is 1. The molecule has 0 saturated carbocycles. The molecule has 0 saturated heterocycles. The Labute approximate surface area is 90.5 Å². The van der Waals surface area contributed by atoms with Gasteiger partial charge in [0.15, 0.2) is 10.4 Å². The van der Waals surface area contributed by atoms with E-state index in [0.29, 0.717) is 6.92 Å². The van der Waals surface area contributed by atoms with Gasteiger partial charge in [0.1, 0.15) is 20.2 Å². The van der Waals surface area contributed by atoms with Crippen molar-refractivity contribution in [3.63, 3.8) is 0 Å². The second-order valence-electron chi connectivity index (χ2n) is 1.93. The zero-order valence-corrected chi connectivity index (χ0v) is 9.17. The van der Waals surface area contributed by atoms with E-state index >= 15 is 0 Å². The Bertz CT molecular complexity index is 346. The van der Waals surface area contributed by atoms with Crippen LogP contribution in [0.2, 0.25) is 0 Å². The molecule has 0 aliphatic carbocycles.